The highest BCUT2D eigenvalue weighted by molar-refractivity contribution is 5.94. The Bertz CT molecular complexity index is 575. The Hall–Kier alpha value is -2.21. The maximum Gasteiger partial charge on any atom is 0.251 e. The number of hydrogen-bond donors (Lipinski definition) is 1. The van der Waals surface area contributed by atoms with Crippen molar-refractivity contribution in [2.24, 2.45) is 0 Å². The Morgan fingerprint density at radius 1 is 1.25 bits per heavy atom. The third-order valence-electron chi connectivity index (χ3n) is 2.76. The van der Waals surface area contributed by atoms with Gasteiger partial charge in [0, 0.05) is 31.1 Å². The summed E-state index contributed by atoms with van der Waals surface area (Å²) < 4.78 is 5.33. The number of amides is 1. The van der Waals surface area contributed by atoms with Crippen molar-refractivity contribution in [3.63, 3.8) is 0 Å². The van der Waals surface area contributed by atoms with E-state index in [0.717, 1.165) is 12.1 Å². The lowest BCUT2D eigenvalue weighted by Gasteiger charge is -2.10. The molecule has 0 unspecified atom stereocenters. The van der Waals surface area contributed by atoms with Crippen molar-refractivity contribution in [3.8, 4) is 11.5 Å². The molecule has 2 rings (SSSR count). The van der Waals surface area contributed by atoms with E-state index in [1.807, 2.05) is 19.0 Å². The summed E-state index contributed by atoms with van der Waals surface area (Å²) >= 11 is 0. The van der Waals surface area contributed by atoms with Crippen LogP contribution in [-0.2, 0) is 0 Å². The lowest BCUT2D eigenvalue weighted by molar-refractivity contribution is 0.0951. The van der Waals surface area contributed by atoms with Gasteiger partial charge in [-0.05, 0) is 38.4 Å². The zero-order valence-electron chi connectivity index (χ0n) is 11.9. The van der Waals surface area contributed by atoms with Gasteiger partial charge < -0.3 is 14.6 Å². The van der Waals surface area contributed by atoms with Crippen LogP contribution in [-0.4, -0.2) is 48.2 Å². The first-order valence-corrected chi connectivity index (χ1v) is 6.40. The smallest absolute Gasteiger partial charge is 0.251 e. The minimum Gasteiger partial charge on any atom is -0.421 e. The molecule has 20 heavy (non-hydrogen) atoms. The molecule has 6 heteroatoms. The quantitative estimate of drug-likeness (QED) is 0.890. The second-order valence-corrected chi connectivity index (χ2v) is 4.76. The predicted molar refractivity (Wildman–Crippen MR) is 75.4 cm³/mol. The predicted octanol–water partition coefficient (Wildman–Crippen LogP) is 1.34. The second-order valence-electron chi connectivity index (χ2n) is 4.76. The second kappa shape index (κ2) is 6.29. The first-order valence-electron chi connectivity index (χ1n) is 6.40. The van der Waals surface area contributed by atoms with E-state index in [2.05, 4.69) is 15.5 Å². The van der Waals surface area contributed by atoms with Crippen molar-refractivity contribution in [1.82, 2.24) is 20.4 Å². The highest BCUT2D eigenvalue weighted by atomic mass is 16.4. The van der Waals surface area contributed by atoms with E-state index in [1.165, 1.54) is 0 Å². The lowest BCUT2D eigenvalue weighted by atomic mass is 10.1. The van der Waals surface area contributed by atoms with Crippen LogP contribution >= 0.6 is 0 Å². The summed E-state index contributed by atoms with van der Waals surface area (Å²) in [6.07, 6.45) is 0. The highest BCUT2D eigenvalue weighted by Gasteiger charge is 2.08. The Balaban J connectivity index is 1.99. The van der Waals surface area contributed by atoms with Crippen LogP contribution < -0.4 is 5.32 Å². The van der Waals surface area contributed by atoms with E-state index in [1.54, 1.807) is 31.2 Å². The van der Waals surface area contributed by atoms with Gasteiger partial charge in [0.25, 0.3) is 5.91 Å². The number of nitrogens with one attached hydrogen (secondary N) is 1. The van der Waals surface area contributed by atoms with Gasteiger partial charge in [-0.1, -0.05) is 0 Å². The molecule has 1 aromatic carbocycles. The maximum absolute atomic E-state index is 11.9. The SMILES string of the molecule is Cc1nnc(-c2ccc(C(=O)NCCN(C)C)cc2)o1. The number of carbonyl (C=O) groups excluding carboxylic acids is 1. The van der Waals surface area contributed by atoms with E-state index >= 15 is 0 Å². The molecule has 0 atom stereocenters. The summed E-state index contributed by atoms with van der Waals surface area (Å²) in [6.45, 7) is 3.17. The minimum atomic E-state index is -0.0832. The monoisotopic (exact) mass is 274 g/mol. The lowest BCUT2D eigenvalue weighted by Crippen LogP contribution is -2.31. The molecule has 106 valence electrons. The number of aromatic nitrogens is 2. The molecule has 0 aliphatic carbocycles. The average Bonchev–Trinajstić information content (AvgIpc) is 2.85. The Labute approximate surface area is 117 Å². The molecular weight excluding hydrogens is 256 g/mol. The molecule has 0 saturated heterocycles. The zero-order valence-corrected chi connectivity index (χ0v) is 11.9. The third-order valence-corrected chi connectivity index (χ3v) is 2.76. The van der Waals surface area contributed by atoms with Gasteiger partial charge >= 0.3 is 0 Å². The van der Waals surface area contributed by atoms with Gasteiger partial charge in [0.05, 0.1) is 0 Å². The molecule has 6 nitrogen and oxygen atoms in total. The van der Waals surface area contributed by atoms with E-state index in [-0.39, 0.29) is 5.91 Å². The summed E-state index contributed by atoms with van der Waals surface area (Å²) in [4.78, 5) is 13.9. The molecule has 0 radical (unpaired) electrons. The van der Waals surface area contributed by atoms with Crippen LogP contribution in [0.25, 0.3) is 11.5 Å². The van der Waals surface area contributed by atoms with Crippen LogP contribution in [0.5, 0.6) is 0 Å². The van der Waals surface area contributed by atoms with Gasteiger partial charge in [-0.3, -0.25) is 4.79 Å². The Kier molecular flexibility index (Phi) is 4.47. The number of aryl methyl sites for hydroxylation is 1. The summed E-state index contributed by atoms with van der Waals surface area (Å²) in [7, 11) is 3.93. The standard InChI is InChI=1S/C14H18N4O2/c1-10-16-17-14(20-10)12-6-4-11(5-7-12)13(19)15-8-9-18(2)3/h4-7H,8-9H2,1-3H3,(H,15,19). The van der Waals surface area contributed by atoms with Crippen molar-refractivity contribution in [1.29, 1.82) is 0 Å². The third kappa shape index (κ3) is 3.64. The molecule has 0 aliphatic heterocycles. The molecule has 1 amide bonds. The number of nitrogens with zero attached hydrogens (tertiary/aromatic N) is 3. The first kappa shape index (κ1) is 14.2. The fourth-order valence-corrected chi connectivity index (χ4v) is 1.67. The van der Waals surface area contributed by atoms with E-state index in [4.69, 9.17) is 4.42 Å². The van der Waals surface area contributed by atoms with Crippen molar-refractivity contribution < 1.29 is 9.21 Å². The molecular formula is C14H18N4O2. The molecule has 0 spiro atoms. The van der Waals surface area contributed by atoms with Gasteiger partial charge in [-0.25, -0.2) is 0 Å². The van der Waals surface area contributed by atoms with Gasteiger partial charge in [-0.2, -0.15) is 0 Å². The molecule has 2 aromatic rings. The molecule has 1 heterocycles. The normalized spacial score (nSPS) is 10.8. The summed E-state index contributed by atoms with van der Waals surface area (Å²) in [5.74, 6) is 0.896. The molecule has 0 aliphatic rings. The van der Waals surface area contributed by atoms with Crippen molar-refractivity contribution in [3.05, 3.63) is 35.7 Å². The number of likely N-dealkylation sites (N-methyl/N-ethyl adjacent to an activating group) is 1. The summed E-state index contributed by atoms with van der Waals surface area (Å²) in [6, 6.07) is 7.10. The van der Waals surface area contributed by atoms with Gasteiger partial charge in [0.15, 0.2) is 0 Å². The van der Waals surface area contributed by atoms with Crippen LogP contribution in [0.2, 0.25) is 0 Å². The molecule has 0 fully saturated rings. The van der Waals surface area contributed by atoms with Crippen LogP contribution in [0.15, 0.2) is 28.7 Å². The molecule has 0 saturated carbocycles. The first-order chi connectivity index (χ1) is 9.56. The van der Waals surface area contributed by atoms with Gasteiger partial charge in [0.2, 0.25) is 11.8 Å². The van der Waals surface area contributed by atoms with Crippen LogP contribution in [0.1, 0.15) is 16.2 Å². The number of rotatable bonds is 5. The largest absolute Gasteiger partial charge is 0.421 e. The van der Waals surface area contributed by atoms with Crippen molar-refractivity contribution in [2.75, 3.05) is 27.2 Å². The fourth-order valence-electron chi connectivity index (χ4n) is 1.67. The van der Waals surface area contributed by atoms with Crippen LogP contribution in [0, 0.1) is 6.92 Å². The van der Waals surface area contributed by atoms with Gasteiger partial charge in [-0.15, -0.1) is 10.2 Å². The van der Waals surface area contributed by atoms with Crippen LogP contribution in [0.3, 0.4) is 0 Å². The number of hydrogen-bond acceptors (Lipinski definition) is 5. The summed E-state index contributed by atoms with van der Waals surface area (Å²) in [5, 5.41) is 10.6. The van der Waals surface area contributed by atoms with E-state index < -0.39 is 0 Å². The Morgan fingerprint density at radius 3 is 2.50 bits per heavy atom. The molecule has 1 aromatic heterocycles. The van der Waals surface area contributed by atoms with E-state index in [0.29, 0.717) is 23.9 Å². The number of carbonyl (C=O) groups is 1. The Morgan fingerprint density at radius 2 is 1.95 bits per heavy atom. The van der Waals surface area contributed by atoms with Crippen LogP contribution in [0.4, 0.5) is 0 Å². The highest BCUT2D eigenvalue weighted by Crippen LogP contribution is 2.17. The molecule has 1 N–H and O–H groups in total. The van der Waals surface area contributed by atoms with Gasteiger partial charge in [0.1, 0.15) is 0 Å². The van der Waals surface area contributed by atoms with E-state index in [9.17, 15) is 4.79 Å². The van der Waals surface area contributed by atoms with Crippen molar-refractivity contribution >= 4 is 5.91 Å². The summed E-state index contributed by atoms with van der Waals surface area (Å²) in [5.41, 5.74) is 1.42. The fraction of sp³-hybridized carbons (Fsp3) is 0.357. The topological polar surface area (TPSA) is 71.3 Å². The number of benzene rings is 1. The molecule has 0 bridgehead atoms. The van der Waals surface area contributed by atoms with Crippen molar-refractivity contribution in [2.45, 2.75) is 6.92 Å². The average molecular weight is 274 g/mol. The minimum absolute atomic E-state index is 0.0832. The zero-order chi connectivity index (χ0) is 14.5. The maximum atomic E-state index is 11.9.